The monoisotopic (exact) mass is 325 g/mol. The molecule has 0 saturated carbocycles. The quantitative estimate of drug-likeness (QED) is 0.928. The summed E-state index contributed by atoms with van der Waals surface area (Å²) < 4.78 is 1.02. The van der Waals surface area contributed by atoms with Crippen LogP contribution in [-0.4, -0.2) is 31.6 Å². The van der Waals surface area contributed by atoms with Gasteiger partial charge < -0.3 is 15.5 Å². The minimum Gasteiger partial charge on any atom is -0.355 e. The van der Waals surface area contributed by atoms with Crippen LogP contribution < -0.4 is 15.5 Å². The lowest BCUT2D eigenvalue weighted by Gasteiger charge is -2.45. The van der Waals surface area contributed by atoms with Crippen LogP contribution in [-0.2, 0) is 4.79 Å². The van der Waals surface area contributed by atoms with Crippen molar-refractivity contribution in [2.75, 3.05) is 29.9 Å². The number of hydrogen-bond donors (Lipinski definition) is 1. The zero-order valence-electron chi connectivity index (χ0n) is 11.6. The maximum atomic E-state index is 12.1. The number of anilines is 2. The Morgan fingerprint density at radius 2 is 2.05 bits per heavy atom. The van der Waals surface area contributed by atoms with Gasteiger partial charge >= 0.3 is 0 Å². The smallest absolute Gasteiger partial charge is 0.246 e. The highest BCUT2D eigenvalue weighted by Crippen LogP contribution is 2.39. The molecule has 1 amide bonds. The third-order valence-electron chi connectivity index (χ3n) is 3.74. The van der Waals surface area contributed by atoms with E-state index in [1.54, 1.807) is 4.90 Å². The van der Waals surface area contributed by atoms with Gasteiger partial charge in [0.1, 0.15) is 0 Å². The van der Waals surface area contributed by atoms with Gasteiger partial charge in [0.2, 0.25) is 5.91 Å². The molecule has 0 radical (unpaired) electrons. The predicted octanol–water partition coefficient (Wildman–Crippen LogP) is 2.36. The molecule has 0 atom stereocenters. The maximum absolute atomic E-state index is 12.1. The Balaban J connectivity index is 2.50. The Labute approximate surface area is 122 Å². The zero-order chi connectivity index (χ0) is 14.2. The highest BCUT2D eigenvalue weighted by Gasteiger charge is 2.35. The first-order chi connectivity index (χ1) is 8.86. The molecule has 0 spiro atoms. The fourth-order valence-corrected chi connectivity index (χ4v) is 2.83. The fourth-order valence-electron chi connectivity index (χ4n) is 2.49. The summed E-state index contributed by atoms with van der Waals surface area (Å²) in [6.07, 6.45) is 0.843. The number of fused-ring (bicyclic) bond motifs is 1. The Hall–Kier alpha value is -1.07. The molecule has 1 aromatic carbocycles. The number of carbonyl (C=O) groups excluding carboxylic acids is 1. The van der Waals surface area contributed by atoms with Crippen LogP contribution >= 0.6 is 15.9 Å². The van der Waals surface area contributed by atoms with E-state index in [9.17, 15) is 4.79 Å². The Morgan fingerprint density at radius 1 is 1.37 bits per heavy atom. The summed E-state index contributed by atoms with van der Waals surface area (Å²) in [5.74, 6) is 0.111. The van der Waals surface area contributed by atoms with Gasteiger partial charge in [-0.25, -0.2) is 0 Å². The first-order valence-corrected chi connectivity index (χ1v) is 7.20. The normalized spacial score (nSPS) is 15.7. The minimum atomic E-state index is -0.138. The molecule has 0 aromatic heterocycles. The Bertz CT molecular complexity index is 501. The topological polar surface area (TPSA) is 49.6 Å². The van der Waals surface area contributed by atoms with Gasteiger partial charge in [-0.05, 0) is 45.0 Å². The second-order valence-electron chi connectivity index (χ2n) is 5.52. The lowest BCUT2D eigenvalue weighted by Crippen LogP contribution is -2.53. The number of amides is 1. The second kappa shape index (κ2) is 5.13. The van der Waals surface area contributed by atoms with Gasteiger partial charge in [-0.15, -0.1) is 0 Å². The van der Waals surface area contributed by atoms with Crippen molar-refractivity contribution in [3.05, 3.63) is 22.7 Å². The lowest BCUT2D eigenvalue weighted by molar-refractivity contribution is -0.117. The van der Waals surface area contributed by atoms with Crippen LogP contribution in [0.1, 0.15) is 20.3 Å². The fraction of sp³-hybridized carbons (Fsp3) is 0.500. The van der Waals surface area contributed by atoms with Crippen LogP contribution in [0.3, 0.4) is 0 Å². The summed E-state index contributed by atoms with van der Waals surface area (Å²) >= 11 is 3.50. The summed E-state index contributed by atoms with van der Waals surface area (Å²) in [6.45, 7) is 5.26. The summed E-state index contributed by atoms with van der Waals surface area (Å²) in [6, 6.07) is 6.00. The second-order valence-corrected chi connectivity index (χ2v) is 6.44. The summed E-state index contributed by atoms with van der Waals surface area (Å²) in [7, 11) is 1.82. The van der Waals surface area contributed by atoms with Crippen LogP contribution in [0.4, 0.5) is 11.4 Å². The van der Waals surface area contributed by atoms with E-state index < -0.39 is 0 Å². The third-order valence-corrected chi connectivity index (χ3v) is 4.24. The van der Waals surface area contributed by atoms with Crippen molar-refractivity contribution >= 4 is 33.2 Å². The van der Waals surface area contributed by atoms with E-state index in [0.717, 1.165) is 22.3 Å². The van der Waals surface area contributed by atoms with Crippen LogP contribution in [0.25, 0.3) is 0 Å². The highest BCUT2D eigenvalue weighted by atomic mass is 79.9. The maximum Gasteiger partial charge on any atom is 0.246 e. The van der Waals surface area contributed by atoms with E-state index in [0.29, 0.717) is 13.1 Å². The first-order valence-electron chi connectivity index (χ1n) is 6.40. The van der Waals surface area contributed by atoms with Crippen LogP contribution in [0.5, 0.6) is 0 Å². The summed E-state index contributed by atoms with van der Waals surface area (Å²) in [5.41, 5.74) is 7.59. The number of nitrogens with zero attached hydrogens (tertiary/aromatic N) is 2. The van der Waals surface area contributed by atoms with E-state index in [4.69, 9.17) is 5.73 Å². The molecule has 1 aromatic rings. The van der Waals surface area contributed by atoms with Crippen molar-refractivity contribution in [3.63, 3.8) is 0 Å². The van der Waals surface area contributed by atoms with E-state index in [2.05, 4.69) is 40.7 Å². The van der Waals surface area contributed by atoms with Crippen molar-refractivity contribution in [3.8, 4) is 0 Å². The average molecular weight is 326 g/mol. The molecule has 1 aliphatic rings. The van der Waals surface area contributed by atoms with E-state index >= 15 is 0 Å². The van der Waals surface area contributed by atoms with Crippen molar-refractivity contribution in [1.82, 2.24) is 0 Å². The van der Waals surface area contributed by atoms with Gasteiger partial charge in [-0.1, -0.05) is 15.9 Å². The van der Waals surface area contributed by atoms with Gasteiger partial charge in [0.05, 0.1) is 17.9 Å². The first kappa shape index (κ1) is 14.3. The summed E-state index contributed by atoms with van der Waals surface area (Å²) in [5, 5.41) is 0. The number of likely N-dealkylation sites (N-methyl/N-ethyl adjacent to an activating group) is 1. The number of hydrogen-bond acceptors (Lipinski definition) is 3. The number of halogens is 1. The summed E-state index contributed by atoms with van der Waals surface area (Å²) in [4.78, 5) is 16.0. The highest BCUT2D eigenvalue weighted by molar-refractivity contribution is 9.10. The third kappa shape index (κ3) is 2.62. The Morgan fingerprint density at radius 3 is 2.68 bits per heavy atom. The van der Waals surface area contributed by atoms with Gasteiger partial charge in [0.15, 0.2) is 0 Å². The lowest BCUT2D eigenvalue weighted by atomic mass is 9.95. The molecule has 1 aliphatic heterocycles. The largest absolute Gasteiger partial charge is 0.355 e. The van der Waals surface area contributed by atoms with Gasteiger partial charge in [0.25, 0.3) is 0 Å². The van der Waals surface area contributed by atoms with E-state index in [-0.39, 0.29) is 11.4 Å². The molecular formula is C14H20BrN3O. The van der Waals surface area contributed by atoms with Gasteiger partial charge in [-0.3, -0.25) is 4.79 Å². The van der Waals surface area contributed by atoms with Gasteiger partial charge in [0, 0.05) is 17.1 Å². The van der Waals surface area contributed by atoms with Crippen LogP contribution in [0, 0.1) is 0 Å². The standard InChI is InChI=1S/C14H20BrN3O/c1-14(2,6-7-16)18-9-13(19)17(3)11-5-4-10(15)8-12(11)18/h4-5,8H,6-7,9,16H2,1-3H3. The number of nitrogens with two attached hydrogens (primary N) is 1. The minimum absolute atomic E-state index is 0.111. The molecular weight excluding hydrogens is 306 g/mol. The molecule has 0 bridgehead atoms. The molecule has 0 unspecified atom stereocenters. The molecule has 1 heterocycles. The number of rotatable bonds is 3. The van der Waals surface area contributed by atoms with Crippen molar-refractivity contribution in [2.45, 2.75) is 25.8 Å². The van der Waals surface area contributed by atoms with Crippen molar-refractivity contribution in [2.24, 2.45) is 5.73 Å². The van der Waals surface area contributed by atoms with E-state index in [1.165, 1.54) is 0 Å². The molecule has 2 rings (SSSR count). The van der Waals surface area contributed by atoms with Crippen LogP contribution in [0.15, 0.2) is 22.7 Å². The zero-order valence-corrected chi connectivity index (χ0v) is 13.2. The molecule has 0 aliphatic carbocycles. The number of carbonyl (C=O) groups is 1. The SMILES string of the molecule is CN1C(=O)CN(C(C)(C)CCN)c2cc(Br)ccc21. The molecule has 5 heteroatoms. The van der Waals surface area contributed by atoms with Gasteiger partial charge in [-0.2, -0.15) is 0 Å². The molecule has 19 heavy (non-hydrogen) atoms. The molecule has 104 valence electrons. The molecule has 0 saturated heterocycles. The Kier molecular flexibility index (Phi) is 3.87. The van der Waals surface area contributed by atoms with Crippen LogP contribution in [0.2, 0.25) is 0 Å². The average Bonchev–Trinajstić information content (AvgIpc) is 2.33. The molecule has 4 nitrogen and oxygen atoms in total. The van der Waals surface area contributed by atoms with E-state index in [1.807, 2.05) is 19.2 Å². The van der Waals surface area contributed by atoms with Crippen molar-refractivity contribution in [1.29, 1.82) is 0 Å². The number of benzene rings is 1. The molecule has 0 fully saturated rings. The predicted molar refractivity (Wildman–Crippen MR) is 82.6 cm³/mol. The molecule has 2 N–H and O–H groups in total. The van der Waals surface area contributed by atoms with Crippen molar-refractivity contribution < 1.29 is 4.79 Å².